The second kappa shape index (κ2) is 9.06. The third kappa shape index (κ3) is 4.04. The van der Waals surface area contributed by atoms with E-state index in [9.17, 15) is 27.6 Å². The van der Waals surface area contributed by atoms with Crippen molar-refractivity contribution in [2.45, 2.75) is 50.2 Å². The Morgan fingerprint density at radius 1 is 1.15 bits per heavy atom. The second-order valence-corrected chi connectivity index (χ2v) is 10.5. The van der Waals surface area contributed by atoms with Crippen molar-refractivity contribution >= 4 is 34.3 Å². The van der Waals surface area contributed by atoms with Gasteiger partial charge in [-0.3, -0.25) is 19.5 Å². The van der Waals surface area contributed by atoms with E-state index in [1.807, 2.05) is 13.0 Å². The zero-order valence-corrected chi connectivity index (χ0v) is 21.3. The van der Waals surface area contributed by atoms with Crippen LogP contribution in [0.15, 0.2) is 36.7 Å². The van der Waals surface area contributed by atoms with Crippen molar-refractivity contribution in [3.05, 3.63) is 53.5 Å². The third-order valence-corrected chi connectivity index (χ3v) is 8.37. The summed E-state index contributed by atoms with van der Waals surface area (Å²) in [7, 11) is 0. The minimum absolute atomic E-state index is 0.0204. The van der Waals surface area contributed by atoms with E-state index < -0.39 is 30.1 Å². The molecule has 0 bridgehead atoms. The van der Waals surface area contributed by atoms with Crippen molar-refractivity contribution in [3.63, 3.8) is 0 Å². The van der Waals surface area contributed by atoms with Gasteiger partial charge in [-0.05, 0) is 55.9 Å². The van der Waals surface area contributed by atoms with Gasteiger partial charge >= 0.3 is 6.18 Å². The lowest BCUT2D eigenvalue weighted by Crippen LogP contribution is -2.53. The molecule has 1 N–H and O–H groups in total. The number of fused-ring (bicyclic) bond motifs is 3. The summed E-state index contributed by atoms with van der Waals surface area (Å²) in [5.41, 5.74) is 2.28. The highest BCUT2D eigenvalue weighted by atomic mass is 19.4. The zero-order chi connectivity index (χ0) is 27.5. The van der Waals surface area contributed by atoms with Crippen LogP contribution in [0, 0.1) is 6.92 Å². The molecule has 39 heavy (non-hydrogen) atoms. The molecule has 1 spiro atoms. The topological polar surface area (TPSA) is 102 Å². The molecule has 0 saturated carbocycles. The lowest BCUT2D eigenvalue weighted by atomic mass is 9.72. The molecule has 3 aromatic rings. The first-order valence-corrected chi connectivity index (χ1v) is 13.0. The summed E-state index contributed by atoms with van der Waals surface area (Å²) >= 11 is 0. The fraction of sp³-hybridized carbons (Fsp3) is 0.444. The molecule has 6 rings (SSSR count). The van der Waals surface area contributed by atoms with E-state index in [0.29, 0.717) is 31.6 Å². The molecule has 3 amide bonds. The van der Waals surface area contributed by atoms with Gasteiger partial charge in [-0.15, -0.1) is 0 Å². The van der Waals surface area contributed by atoms with Gasteiger partial charge in [0.15, 0.2) is 0 Å². The number of benzene rings is 1. The quantitative estimate of drug-likeness (QED) is 0.549. The number of likely N-dealkylation sites (tertiary alicyclic amines) is 2. The number of hydrogen-bond donors (Lipinski definition) is 1. The minimum Gasteiger partial charge on any atom is -0.337 e. The predicted molar refractivity (Wildman–Crippen MR) is 135 cm³/mol. The van der Waals surface area contributed by atoms with Crippen LogP contribution in [0.4, 0.5) is 18.9 Å². The summed E-state index contributed by atoms with van der Waals surface area (Å²) in [4.78, 5) is 48.5. The van der Waals surface area contributed by atoms with Gasteiger partial charge in [0.2, 0.25) is 11.8 Å². The standard InChI is InChI=1S/C27H27F3N6O3/c1-16-4-2-5-20-23(16)26(25(39)36(20)15-22(37)35-9-3-6-21(35)27(28,29)30)7-10-34(11-8-26)24(38)18-12-17-13-32-33-19(17)14-31-18/h2,4-5,12-14,21H,3,6-11,15H2,1H3,(H,32,33)/t21-/m0/s1. The van der Waals surface area contributed by atoms with Crippen molar-refractivity contribution in [3.8, 4) is 0 Å². The van der Waals surface area contributed by atoms with Crippen LogP contribution in [0.5, 0.6) is 0 Å². The first-order chi connectivity index (χ1) is 18.6. The number of pyridine rings is 1. The Labute approximate surface area is 222 Å². The maximum Gasteiger partial charge on any atom is 0.408 e. The number of aromatic amines is 1. The third-order valence-electron chi connectivity index (χ3n) is 8.37. The Balaban J connectivity index is 1.24. The number of carbonyl (C=O) groups is 3. The summed E-state index contributed by atoms with van der Waals surface area (Å²) in [5.74, 6) is -1.25. The number of nitrogens with one attached hydrogen (secondary N) is 1. The molecule has 1 aromatic carbocycles. The smallest absolute Gasteiger partial charge is 0.337 e. The molecule has 0 radical (unpaired) electrons. The van der Waals surface area contributed by atoms with Gasteiger partial charge in [-0.2, -0.15) is 18.3 Å². The fourth-order valence-corrected chi connectivity index (χ4v) is 6.44. The van der Waals surface area contributed by atoms with Crippen LogP contribution >= 0.6 is 0 Å². The second-order valence-electron chi connectivity index (χ2n) is 10.5. The Hall–Kier alpha value is -3.96. The Morgan fingerprint density at radius 3 is 2.67 bits per heavy atom. The van der Waals surface area contributed by atoms with Gasteiger partial charge in [0.25, 0.3) is 5.91 Å². The van der Waals surface area contributed by atoms with Gasteiger partial charge in [-0.1, -0.05) is 12.1 Å². The molecule has 0 unspecified atom stereocenters. The molecule has 12 heteroatoms. The summed E-state index contributed by atoms with van der Waals surface area (Å²) in [5, 5.41) is 7.52. The van der Waals surface area contributed by atoms with Crippen molar-refractivity contribution in [2.24, 2.45) is 0 Å². The maximum absolute atomic E-state index is 14.0. The first-order valence-electron chi connectivity index (χ1n) is 13.0. The fourth-order valence-electron chi connectivity index (χ4n) is 6.44. The molecule has 0 aliphatic carbocycles. The number of H-pyrrole nitrogens is 1. The number of piperidine rings is 1. The summed E-state index contributed by atoms with van der Waals surface area (Å²) in [6, 6.07) is 5.27. The molecule has 1 atom stereocenters. The number of nitrogens with zero attached hydrogens (tertiary/aromatic N) is 5. The number of amides is 3. The number of alkyl halides is 3. The zero-order valence-electron chi connectivity index (χ0n) is 21.3. The van der Waals surface area contributed by atoms with Gasteiger partial charge in [-0.25, -0.2) is 4.98 Å². The van der Waals surface area contributed by atoms with Gasteiger partial charge < -0.3 is 14.7 Å². The number of aryl methyl sites for hydroxylation is 1. The van der Waals surface area contributed by atoms with E-state index in [1.165, 1.54) is 4.90 Å². The largest absolute Gasteiger partial charge is 0.408 e. The molecular formula is C27H27F3N6O3. The van der Waals surface area contributed by atoms with Crippen LogP contribution in [0.1, 0.15) is 47.3 Å². The number of anilines is 1. The van der Waals surface area contributed by atoms with Crippen LogP contribution in [0.2, 0.25) is 0 Å². The molecule has 9 nitrogen and oxygen atoms in total. The molecule has 2 fully saturated rings. The van der Waals surface area contributed by atoms with Gasteiger partial charge in [0.1, 0.15) is 18.3 Å². The predicted octanol–water partition coefficient (Wildman–Crippen LogP) is 3.34. The van der Waals surface area contributed by atoms with Crippen LogP contribution in [-0.4, -0.2) is 81.1 Å². The van der Waals surface area contributed by atoms with Crippen LogP contribution < -0.4 is 4.90 Å². The molecule has 204 valence electrons. The van der Waals surface area contributed by atoms with E-state index in [2.05, 4.69) is 15.2 Å². The Bertz CT molecular complexity index is 1480. The summed E-state index contributed by atoms with van der Waals surface area (Å²) < 4.78 is 40.5. The lowest BCUT2D eigenvalue weighted by molar-refractivity contribution is -0.182. The van der Waals surface area contributed by atoms with Crippen molar-refractivity contribution in [1.82, 2.24) is 25.0 Å². The number of rotatable bonds is 3. The molecule has 3 aliphatic heterocycles. The van der Waals surface area contributed by atoms with Gasteiger partial charge in [0, 0.05) is 30.7 Å². The van der Waals surface area contributed by atoms with Crippen molar-refractivity contribution in [2.75, 3.05) is 31.1 Å². The average Bonchev–Trinajstić information content (AvgIpc) is 3.64. The summed E-state index contributed by atoms with van der Waals surface area (Å²) in [6.07, 6.45) is -0.519. The van der Waals surface area contributed by atoms with Crippen molar-refractivity contribution in [1.29, 1.82) is 0 Å². The first kappa shape index (κ1) is 25.3. The Morgan fingerprint density at radius 2 is 1.92 bits per heavy atom. The monoisotopic (exact) mass is 540 g/mol. The number of hydrogen-bond acceptors (Lipinski definition) is 5. The lowest BCUT2D eigenvalue weighted by Gasteiger charge is -2.39. The van der Waals surface area contributed by atoms with Crippen LogP contribution in [0.25, 0.3) is 10.9 Å². The number of aromatic nitrogens is 3. The normalized spacial score (nSPS) is 20.8. The molecule has 3 aliphatic rings. The minimum atomic E-state index is -4.51. The van der Waals surface area contributed by atoms with E-state index >= 15 is 0 Å². The highest BCUT2D eigenvalue weighted by Gasteiger charge is 2.54. The maximum atomic E-state index is 14.0. The van der Waals surface area contributed by atoms with E-state index in [-0.39, 0.29) is 36.9 Å². The molecule has 2 aromatic heterocycles. The van der Waals surface area contributed by atoms with Gasteiger partial charge in [0.05, 0.1) is 23.3 Å². The van der Waals surface area contributed by atoms with E-state index in [4.69, 9.17) is 0 Å². The molecule has 5 heterocycles. The highest BCUT2D eigenvalue weighted by Crippen LogP contribution is 2.49. The Kier molecular flexibility index (Phi) is 5.88. The van der Waals surface area contributed by atoms with E-state index in [0.717, 1.165) is 26.9 Å². The summed E-state index contributed by atoms with van der Waals surface area (Å²) in [6.45, 7) is 2.06. The van der Waals surface area contributed by atoms with Crippen LogP contribution in [-0.2, 0) is 15.0 Å². The molecule has 2 saturated heterocycles. The van der Waals surface area contributed by atoms with E-state index in [1.54, 1.807) is 35.5 Å². The van der Waals surface area contributed by atoms with Crippen LogP contribution in [0.3, 0.4) is 0 Å². The SMILES string of the molecule is Cc1cccc2c1C1(CCN(C(=O)c3cc4cn[nH]c4cn3)CC1)C(=O)N2CC(=O)N1CCC[C@H]1C(F)(F)F. The van der Waals surface area contributed by atoms with Crippen molar-refractivity contribution < 1.29 is 27.6 Å². The highest BCUT2D eigenvalue weighted by molar-refractivity contribution is 6.11. The average molecular weight is 541 g/mol. The molecular weight excluding hydrogens is 513 g/mol. The number of halogens is 3. The number of carbonyl (C=O) groups excluding carboxylic acids is 3.